The van der Waals surface area contributed by atoms with Crippen molar-refractivity contribution in [1.29, 1.82) is 0 Å². The first-order valence-electron chi connectivity index (χ1n) is 7.93. The molecule has 0 spiro atoms. The number of rotatable bonds is 4. The van der Waals surface area contributed by atoms with Gasteiger partial charge in [-0.1, -0.05) is 44.4 Å². The topological polar surface area (TPSA) is 38.3 Å². The maximum Gasteiger partial charge on any atom is 0.332 e. The Hall–Kier alpha value is -1.51. The molecule has 1 saturated carbocycles. The second kappa shape index (κ2) is 6.08. The van der Waals surface area contributed by atoms with Gasteiger partial charge in [-0.3, -0.25) is 0 Å². The second-order valence-corrected chi connectivity index (χ2v) is 6.71. The Morgan fingerprint density at radius 3 is 2.38 bits per heavy atom. The zero-order valence-electron chi connectivity index (χ0n) is 13.7. The van der Waals surface area contributed by atoms with Gasteiger partial charge in [0.1, 0.15) is 5.54 Å². The number of carbonyl (C=O) groups is 1. The van der Waals surface area contributed by atoms with Gasteiger partial charge in [0.2, 0.25) is 0 Å². The lowest BCUT2D eigenvalue weighted by atomic mass is 9.63. The van der Waals surface area contributed by atoms with E-state index in [1.165, 1.54) is 12.0 Å². The summed E-state index contributed by atoms with van der Waals surface area (Å²) in [6.07, 6.45) is 4.09. The summed E-state index contributed by atoms with van der Waals surface area (Å²) in [4.78, 5) is 12.7. The van der Waals surface area contributed by atoms with Crippen LogP contribution in [0.3, 0.4) is 0 Å². The molecule has 116 valence electrons. The van der Waals surface area contributed by atoms with Crippen LogP contribution in [0.5, 0.6) is 0 Å². The van der Waals surface area contributed by atoms with Gasteiger partial charge in [-0.15, -0.1) is 0 Å². The number of hydrogen-bond donors (Lipinski definition) is 1. The minimum atomic E-state index is -0.628. The molecule has 0 amide bonds. The van der Waals surface area contributed by atoms with Crippen LogP contribution in [0.25, 0.3) is 0 Å². The molecule has 1 atom stereocenters. The number of carbonyl (C=O) groups excluding carboxylic acids is 1. The highest BCUT2D eigenvalue weighted by atomic mass is 16.5. The molecule has 0 aliphatic heterocycles. The van der Waals surface area contributed by atoms with E-state index in [0.717, 1.165) is 24.9 Å². The van der Waals surface area contributed by atoms with Crippen LogP contribution in [0.4, 0.5) is 5.69 Å². The van der Waals surface area contributed by atoms with Crippen molar-refractivity contribution in [2.75, 3.05) is 11.9 Å². The summed E-state index contributed by atoms with van der Waals surface area (Å²) < 4.78 is 5.41. The average Bonchev–Trinajstić information content (AvgIpc) is 2.43. The molecule has 0 aromatic heterocycles. The number of anilines is 1. The molecule has 1 aromatic rings. The molecule has 2 rings (SSSR count). The van der Waals surface area contributed by atoms with Gasteiger partial charge in [0.15, 0.2) is 0 Å². The van der Waals surface area contributed by atoms with Crippen molar-refractivity contribution >= 4 is 11.7 Å². The van der Waals surface area contributed by atoms with Crippen LogP contribution in [0.2, 0.25) is 0 Å². The van der Waals surface area contributed by atoms with Crippen molar-refractivity contribution in [3.05, 3.63) is 29.8 Å². The first-order chi connectivity index (χ1) is 9.91. The normalized spacial score (nSPS) is 24.4. The highest BCUT2D eigenvalue weighted by Gasteiger charge is 2.53. The van der Waals surface area contributed by atoms with E-state index in [1.54, 1.807) is 0 Å². The number of aryl methyl sites for hydroxylation is 1. The van der Waals surface area contributed by atoms with E-state index in [4.69, 9.17) is 4.74 Å². The molecule has 0 heterocycles. The van der Waals surface area contributed by atoms with Gasteiger partial charge in [-0.2, -0.15) is 0 Å². The van der Waals surface area contributed by atoms with Gasteiger partial charge in [0, 0.05) is 5.69 Å². The van der Waals surface area contributed by atoms with Crippen LogP contribution in [0.1, 0.15) is 52.0 Å². The minimum Gasteiger partial charge on any atom is -0.464 e. The van der Waals surface area contributed by atoms with Crippen LogP contribution in [0, 0.1) is 12.3 Å². The van der Waals surface area contributed by atoms with Gasteiger partial charge in [0.05, 0.1) is 6.61 Å². The van der Waals surface area contributed by atoms with Crippen molar-refractivity contribution in [3.8, 4) is 0 Å². The molecule has 0 radical (unpaired) electrons. The van der Waals surface area contributed by atoms with Gasteiger partial charge in [-0.05, 0) is 44.2 Å². The van der Waals surface area contributed by atoms with Crippen LogP contribution in [-0.4, -0.2) is 18.1 Å². The smallest absolute Gasteiger partial charge is 0.332 e. The van der Waals surface area contributed by atoms with Crippen LogP contribution < -0.4 is 5.32 Å². The zero-order chi connectivity index (χ0) is 15.5. The molecule has 1 unspecified atom stereocenters. The second-order valence-electron chi connectivity index (χ2n) is 6.71. The Morgan fingerprint density at radius 1 is 1.19 bits per heavy atom. The number of nitrogens with one attached hydrogen (secondary N) is 1. The molecule has 21 heavy (non-hydrogen) atoms. The summed E-state index contributed by atoms with van der Waals surface area (Å²) in [6, 6.07) is 8.22. The number of benzene rings is 1. The molecular formula is C18H27NO2. The van der Waals surface area contributed by atoms with Crippen molar-refractivity contribution in [1.82, 2.24) is 0 Å². The predicted octanol–water partition coefficient (Wildman–Crippen LogP) is 4.31. The Morgan fingerprint density at radius 2 is 1.81 bits per heavy atom. The standard InChI is InChI=1S/C18H27NO2/c1-5-21-16(20)18(13-7-6-12-17(18,3)4)19-15-10-8-14(2)9-11-15/h8-11,19H,5-7,12-13H2,1-4H3. The molecular weight excluding hydrogens is 262 g/mol. The fourth-order valence-electron chi connectivity index (χ4n) is 3.31. The number of hydrogen-bond acceptors (Lipinski definition) is 3. The Labute approximate surface area is 128 Å². The van der Waals surface area contributed by atoms with Crippen LogP contribution >= 0.6 is 0 Å². The summed E-state index contributed by atoms with van der Waals surface area (Å²) in [6.45, 7) is 8.70. The van der Waals surface area contributed by atoms with E-state index in [-0.39, 0.29) is 11.4 Å². The third-order valence-corrected chi connectivity index (χ3v) is 4.79. The van der Waals surface area contributed by atoms with E-state index < -0.39 is 5.54 Å². The molecule has 0 bridgehead atoms. The fourth-order valence-corrected chi connectivity index (χ4v) is 3.31. The lowest BCUT2D eigenvalue weighted by Gasteiger charge is -2.48. The number of ether oxygens (including phenoxy) is 1. The molecule has 1 aliphatic carbocycles. The van der Waals surface area contributed by atoms with Crippen molar-refractivity contribution in [2.24, 2.45) is 5.41 Å². The van der Waals surface area contributed by atoms with Crippen molar-refractivity contribution in [3.63, 3.8) is 0 Å². The summed E-state index contributed by atoms with van der Waals surface area (Å²) >= 11 is 0. The maximum absolute atomic E-state index is 12.7. The van der Waals surface area contributed by atoms with Crippen molar-refractivity contribution in [2.45, 2.75) is 58.9 Å². The molecule has 0 saturated heterocycles. The fraction of sp³-hybridized carbons (Fsp3) is 0.611. The third kappa shape index (κ3) is 3.07. The first kappa shape index (κ1) is 15.9. The quantitative estimate of drug-likeness (QED) is 0.839. The summed E-state index contributed by atoms with van der Waals surface area (Å²) in [7, 11) is 0. The van der Waals surface area contributed by atoms with E-state index in [2.05, 4.69) is 38.2 Å². The van der Waals surface area contributed by atoms with Crippen molar-refractivity contribution < 1.29 is 9.53 Å². The highest BCUT2D eigenvalue weighted by Crippen LogP contribution is 2.46. The lowest BCUT2D eigenvalue weighted by Crippen LogP contribution is -2.59. The van der Waals surface area contributed by atoms with E-state index >= 15 is 0 Å². The monoisotopic (exact) mass is 289 g/mol. The largest absolute Gasteiger partial charge is 0.464 e. The molecule has 3 heteroatoms. The zero-order valence-corrected chi connectivity index (χ0v) is 13.7. The van der Waals surface area contributed by atoms with Crippen LogP contribution in [-0.2, 0) is 9.53 Å². The first-order valence-corrected chi connectivity index (χ1v) is 7.93. The van der Waals surface area contributed by atoms with Gasteiger partial charge < -0.3 is 10.1 Å². The Kier molecular flexibility index (Phi) is 4.60. The lowest BCUT2D eigenvalue weighted by molar-refractivity contribution is -0.155. The Balaban J connectivity index is 2.35. The molecule has 1 fully saturated rings. The molecule has 1 aromatic carbocycles. The SMILES string of the molecule is CCOC(=O)C1(Nc2ccc(C)cc2)CCCCC1(C)C. The van der Waals surface area contributed by atoms with Crippen LogP contribution in [0.15, 0.2) is 24.3 Å². The third-order valence-electron chi connectivity index (χ3n) is 4.79. The van der Waals surface area contributed by atoms with Gasteiger partial charge >= 0.3 is 5.97 Å². The Bertz CT molecular complexity index is 492. The molecule has 1 N–H and O–H groups in total. The van der Waals surface area contributed by atoms with E-state index in [1.807, 2.05) is 19.1 Å². The summed E-state index contributed by atoms with van der Waals surface area (Å²) in [5, 5.41) is 3.52. The average molecular weight is 289 g/mol. The van der Waals surface area contributed by atoms with E-state index in [0.29, 0.717) is 6.61 Å². The molecule has 1 aliphatic rings. The number of esters is 1. The molecule has 3 nitrogen and oxygen atoms in total. The van der Waals surface area contributed by atoms with E-state index in [9.17, 15) is 4.79 Å². The summed E-state index contributed by atoms with van der Waals surface area (Å²) in [5.41, 5.74) is 1.45. The van der Waals surface area contributed by atoms with Gasteiger partial charge in [-0.25, -0.2) is 4.79 Å². The predicted molar refractivity (Wildman–Crippen MR) is 86.4 cm³/mol. The minimum absolute atomic E-state index is 0.115. The highest BCUT2D eigenvalue weighted by molar-refractivity contribution is 5.86. The summed E-state index contributed by atoms with van der Waals surface area (Å²) in [5.74, 6) is -0.115. The van der Waals surface area contributed by atoms with Gasteiger partial charge in [0.25, 0.3) is 0 Å². The maximum atomic E-state index is 12.7.